The zero-order chi connectivity index (χ0) is 14.4. The van der Waals surface area contributed by atoms with Crippen molar-refractivity contribution in [2.75, 3.05) is 0 Å². The topological polar surface area (TPSA) is 66.4 Å². The molecule has 0 bridgehead atoms. The van der Waals surface area contributed by atoms with Gasteiger partial charge in [-0.15, -0.1) is 0 Å². The molecule has 1 amide bonds. The molecule has 0 aliphatic carbocycles. The number of carboxylic acids is 1. The van der Waals surface area contributed by atoms with E-state index in [4.69, 9.17) is 5.11 Å². The van der Waals surface area contributed by atoms with Gasteiger partial charge in [0.2, 0.25) is 5.91 Å². The Morgan fingerprint density at radius 1 is 1.21 bits per heavy atom. The molecule has 1 rings (SSSR count). The van der Waals surface area contributed by atoms with Gasteiger partial charge in [-0.2, -0.15) is 0 Å². The molecule has 0 aromatic heterocycles. The van der Waals surface area contributed by atoms with Gasteiger partial charge in [-0.25, -0.2) is 4.79 Å². The van der Waals surface area contributed by atoms with Crippen molar-refractivity contribution < 1.29 is 14.7 Å². The molecule has 0 heterocycles. The van der Waals surface area contributed by atoms with Crippen molar-refractivity contribution in [2.24, 2.45) is 5.92 Å². The van der Waals surface area contributed by atoms with Crippen LogP contribution in [0.5, 0.6) is 0 Å². The molecule has 1 aromatic rings. The van der Waals surface area contributed by atoms with E-state index in [0.29, 0.717) is 6.42 Å². The highest BCUT2D eigenvalue weighted by Crippen LogP contribution is 2.24. The Morgan fingerprint density at radius 3 is 2.21 bits per heavy atom. The molecular formula is C15H21NO3. The van der Waals surface area contributed by atoms with Crippen LogP contribution in [0.15, 0.2) is 30.3 Å². The number of benzene rings is 1. The fourth-order valence-electron chi connectivity index (χ4n) is 2.10. The minimum absolute atomic E-state index is 0.105. The summed E-state index contributed by atoms with van der Waals surface area (Å²) in [6.45, 7) is 5.66. The first-order valence-electron chi connectivity index (χ1n) is 6.55. The van der Waals surface area contributed by atoms with Crippen LogP contribution in [0.25, 0.3) is 0 Å². The van der Waals surface area contributed by atoms with Crippen molar-refractivity contribution in [3.05, 3.63) is 35.9 Å². The van der Waals surface area contributed by atoms with Crippen molar-refractivity contribution >= 4 is 11.9 Å². The van der Waals surface area contributed by atoms with Gasteiger partial charge in [0.1, 0.15) is 6.04 Å². The average Bonchev–Trinajstić information content (AvgIpc) is 2.36. The summed E-state index contributed by atoms with van der Waals surface area (Å²) in [7, 11) is 0. The standard InChI is InChI=1S/C15H21NO3/c1-4-12(15(18)19)16-14(17)13(10(2)3)11-8-6-5-7-9-11/h5-10,12-13H,4H2,1-3H3,(H,16,17)(H,18,19)/t12-,13-/m1/s1. The van der Waals surface area contributed by atoms with Crippen molar-refractivity contribution in [3.8, 4) is 0 Å². The number of carbonyl (C=O) groups excluding carboxylic acids is 1. The van der Waals surface area contributed by atoms with Gasteiger partial charge in [-0.1, -0.05) is 51.1 Å². The minimum atomic E-state index is -0.994. The van der Waals surface area contributed by atoms with Crippen LogP contribution < -0.4 is 5.32 Å². The summed E-state index contributed by atoms with van der Waals surface area (Å²) < 4.78 is 0. The highest BCUT2D eigenvalue weighted by Gasteiger charge is 2.27. The number of nitrogens with one attached hydrogen (secondary N) is 1. The maximum atomic E-state index is 12.3. The first kappa shape index (κ1) is 15.2. The lowest BCUT2D eigenvalue weighted by atomic mass is 9.87. The molecule has 0 spiro atoms. The van der Waals surface area contributed by atoms with Crippen LogP contribution in [0.4, 0.5) is 0 Å². The van der Waals surface area contributed by atoms with Crippen LogP contribution in [0.1, 0.15) is 38.7 Å². The fourth-order valence-corrected chi connectivity index (χ4v) is 2.10. The van der Waals surface area contributed by atoms with E-state index in [9.17, 15) is 9.59 Å². The molecule has 0 aliphatic rings. The molecule has 0 aliphatic heterocycles. The molecule has 4 heteroatoms. The van der Waals surface area contributed by atoms with Crippen LogP contribution in [-0.4, -0.2) is 23.0 Å². The van der Waals surface area contributed by atoms with Crippen LogP contribution in [0.2, 0.25) is 0 Å². The Bertz CT molecular complexity index is 428. The van der Waals surface area contributed by atoms with E-state index in [1.54, 1.807) is 6.92 Å². The quantitative estimate of drug-likeness (QED) is 0.828. The predicted octanol–water partition coefficient (Wildman–Crippen LogP) is 2.41. The lowest BCUT2D eigenvalue weighted by molar-refractivity contribution is -0.142. The van der Waals surface area contributed by atoms with E-state index in [-0.39, 0.29) is 17.7 Å². The summed E-state index contributed by atoms with van der Waals surface area (Å²) in [6, 6.07) is 8.62. The number of hydrogen-bond donors (Lipinski definition) is 2. The van der Waals surface area contributed by atoms with E-state index < -0.39 is 12.0 Å². The summed E-state index contributed by atoms with van der Waals surface area (Å²) >= 11 is 0. The maximum Gasteiger partial charge on any atom is 0.326 e. The molecule has 0 fully saturated rings. The second-order valence-electron chi connectivity index (χ2n) is 4.94. The number of aliphatic carboxylic acids is 1. The average molecular weight is 263 g/mol. The first-order valence-corrected chi connectivity index (χ1v) is 6.55. The molecule has 104 valence electrons. The Kier molecular flexibility index (Phi) is 5.55. The largest absolute Gasteiger partial charge is 0.480 e. The van der Waals surface area contributed by atoms with Crippen molar-refractivity contribution in [2.45, 2.75) is 39.2 Å². The third-order valence-corrected chi connectivity index (χ3v) is 3.13. The van der Waals surface area contributed by atoms with E-state index in [1.165, 1.54) is 0 Å². The molecule has 0 radical (unpaired) electrons. The monoisotopic (exact) mass is 263 g/mol. The molecule has 19 heavy (non-hydrogen) atoms. The Morgan fingerprint density at radius 2 is 1.79 bits per heavy atom. The van der Waals surface area contributed by atoms with E-state index in [1.807, 2.05) is 44.2 Å². The van der Waals surface area contributed by atoms with Gasteiger partial charge in [0.25, 0.3) is 0 Å². The van der Waals surface area contributed by atoms with Crippen LogP contribution >= 0.6 is 0 Å². The second-order valence-corrected chi connectivity index (χ2v) is 4.94. The summed E-state index contributed by atoms with van der Waals surface area (Å²) in [5.41, 5.74) is 0.912. The van der Waals surface area contributed by atoms with Gasteiger partial charge in [-0.05, 0) is 17.9 Å². The van der Waals surface area contributed by atoms with Crippen molar-refractivity contribution in [3.63, 3.8) is 0 Å². The highest BCUT2D eigenvalue weighted by molar-refractivity contribution is 5.88. The van der Waals surface area contributed by atoms with Crippen molar-refractivity contribution in [1.82, 2.24) is 5.32 Å². The zero-order valence-corrected chi connectivity index (χ0v) is 11.6. The minimum Gasteiger partial charge on any atom is -0.480 e. The Hall–Kier alpha value is -1.84. The fraction of sp³-hybridized carbons (Fsp3) is 0.467. The third kappa shape index (κ3) is 4.09. The number of rotatable bonds is 6. The molecule has 2 N–H and O–H groups in total. The molecule has 0 saturated carbocycles. The van der Waals surface area contributed by atoms with Gasteiger partial charge in [0, 0.05) is 0 Å². The zero-order valence-electron chi connectivity index (χ0n) is 11.6. The predicted molar refractivity (Wildman–Crippen MR) is 73.9 cm³/mol. The molecule has 4 nitrogen and oxygen atoms in total. The first-order chi connectivity index (χ1) is 8.97. The SMILES string of the molecule is CC[C@@H](NC(=O)[C@@H](c1ccccc1)C(C)C)C(=O)O. The van der Waals surface area contributed by atoms with Crippen LogP contribution in [0, 0.1) is 5.92 Å². The summed E-state index contributed by atoms with van der Waals surface area (Å²) in [6.07, 6.45) is 0.376. The van der Waals surface area contributed by atoms with Crippen LogP contribution in [-0.2, 0) is 9.59 Å². The van der Waals surface area contributed by atoms with Crippen molar-refractivity contribution in [1.29, 1.82) is 0 Å². The van der Waals surface area contributed by atoms with Crippen LogP contribution in [0.3, 0.4) is 0 Å². The second kappa shape index (κ2) is 6.92. The van der Waals surface area contributed by atoms with Gasteiger partial charge < -0.3 is 10.4 Å². The van der Waals surface area contributed by atoms with Gasteiger partial charge in [0.05, 0.1) is 5.92 Å². The van der Waals surface area contributed by atoms with Gasteiger partial charge in [0.15, 0.2) is 0 Å². The number of carboxylic acid groups (broad SMARTS) is 1. The highest BCUT2D eigenvalue weighted by atomic mass is 16.4. The summed E-state index contributed by atoms with van der Waals surface area (Å²) in [4.78, 5) is 23.3. The molecular weight excluding hydrogens is 242 g/mol. The lowest BCUT2D eigenvalue weighted by Crippen LogP contribution is -2.43. The number of carbonyl (C=O) groups is 2. The normalized spacial score (nSPS) is 13.9. The molecule has 1 aromatic carbocycles. The van der Waals surface area contributed by atoms with Gasteiger partial charge >= 0.3 is 5.97 Å². The third-order valence-electron chi connectivity index (χ3n) is 3.13. The Labute approximate surface area is 113 Å². The lowest BCUT2D eigenvalue weighted by Gasteiger charge is -2.23. The summed E-state index contributed by atoms with van der Waals surface area (Å²) in [5, 5.41) is 11.6. The van der Waals surface area contributed by atoms with E-state index in [2.05, 4.69) is 5.32 Å². The Balaban J connectivity index is 2.89. The molecule has 0 saturated heterocycles. The molecule has 0 unspecified atom stereocenters. The maximum absolute atomic E-state index is 12.3. The van der Waals surface area contributed by atoms with Gasteiger partial charge in [-0.3, -0.25) is 4.79 Å². The number of amides is 1. The van der Waals surface area contributed by atoms with E-state index >= 15 is 0 Å². The summed E-state index contributed by atoms with van der Waals surface area (Å²) in [5.74, 6) is -1.44. The van der Waals surface area contributed by atoms with E-state index in [0.717, 1.165) is 5.56 Å². The smallest absolute Gasteiger partial charge is 0.326 e. The number of hydrogen-bond acceptors (Lipinski definition) is 2. The molecule has 2 atom stereocenters.